The fraction of sp³-hybridized carbons (Fsp3) is 0.385. The molecule has 6 heteroatoms. The predicted molar refractivity (Wildman–Crippen MR) is 127 cm³/mol. The number of rotatable bonds is 5. The van der Waals surface area contributed by atoms with Crippen LogP contribution in [0.15, 0.2) is 48.7 Å². The summed E-state index contributed by atoms with van der Waals surface area (Å²) >= 11 is 5.94. The minimum Gasteiger partial charge on any atom is -0.493 e. The first-order chi connectivity index (χ1) is 15.5. The summed E-state index contributed by atoms with van der Waals surface area (Å²) in [5, 5.41) is 4.86. The van der Waals surface area contributed by atoms with Gasteiger partial charge in [0.25, 0.3) is 0 Å². The van der Waals surface area contributed by atoms with E-state index >= 15 is 0 Å². The monoisotopic (exact) mass is 450 g/mol. The van der Waals surface area contributed by atoms with Crippen molar-refractivity contribution in [2.75, 3.05) is 19.5 Å². The summed E-state index contributed by atoms with van der Waals surface area (Å²) in [6.45, 7) is 0. The Hall–Kier alpha value is -2.79. The Bertz CT molecular complexity index is 1150. The molecule has 1 N–H and O–H groups in total. The number of methoxy groups -OCH3 is 2. The van der Waals surface area contributed by atoms with Crippen molar-refractivity contribution in [1.29, 1.82) is 0 Å². The lowest BCUT2D eigenvalue weighted by atomic mass is 9.75. The maximum Gasteiger partial charge on any atom is 0.228 e. The first kappa shape index (κ1) is 21.1. The highest BCUT2D eigenvalue weighted by Gasteiger charge is 2.58. The van der Waals surface area contributed by atoms with Gasteiger partial charge in [0.15, 0.2) is 11.5 Å². The normalized spacial score (nSPS) is 24.3. The zero-order chi connectivity index (χ0) is 22.3. The van der Waals surface area contributed by atoms with Crippen LogP contribution in [0.25, 0.3) is 10.9 Å². The number of anilines is 1. The van der Waals surface area contributed by atoms with Crippen molar-refractivity contribution in [3.8, 4) is 11.5 Å². The third-order valence-electron chi connectivity index (χ3n) is 7.32. The van der Waals surface area contributed by atoms with E-state index in [-0.39, 0.29) is 17.2 Å². The molecule has 2 aliphatic carbocycles. The summed E-state index contributed by atoms with van der Waals surface area (Å²) in [6, 6.07) is 13.4. The van der Waals surface area contributed by atoms with E-state index < -0.39 is 0 Å². The van der Waals surface area contributed by atoms with Crippen LogP contribution < -0.4 is 14.8 Å². The molecule has 2 aromatic carbocycles. The Labute approximate surface area is 193 Å². The van der Waals surface area contributed by atoms with Crippen molar-refractivity contribution >= 4 is 34.1 Å². The molecule has 1 heterocycles. The fourth-order valence-electron chi connectivity index (χ4n) is 5.39. The zero-order valence-electron chi connectivity index (χ0n) is 18.4. The molecule has 5 nitrogen and oxygen atoms in total. The van der Waals surface area contributed by atoms with Gasteiger partial charge in [0.2, 0.25) is 5.91 Å². The maximum absolute atomic E-state index is 12.8. The van der Waals surface area contributed by atoms with E-state index in [0.29, 0.717) is 16.7 Å². The molecular weight excluding hydrogens is 424 g/mol. The van der Waals surface area contributed by atoms with E-state index in [1.165, 1.54) is 5.56 Å². The lowest BCUT2D eigenvalue weighted by Crippen LogP contribution is -2.22. The second kappa shape index (κ2) is 8.28. The predicted octanol–water partition coefficient (Wildman–Crippen LogP) is 6.21. The molecule has 3 aromatic rings. The number of ether oxygens (including phenoxy) is 2. The van der Waals surface area contributed by atoms with E-state index in [1.807, 2.05) is 30.5 Å². The lowest BCUT2D eigenvalue weighted by Gasteiger charge is -2.30. The van der Waals surface area contributed by atoms with Crippen molar-refractivity contribution in [3.63, 3.8) is 0 Å². The highest BCUT2D eigenvalue weighted by Crippen LogP contribution is 2.63. The van der Waals surface area contributed by atoms with Crippen LogP contribution in [0.5, 0.6) is 11.5 Å². The first-order valence-corrected chi connectivity index (χ1v) is 11.5. The molecule has 2 saturated carbocycles. The smallest absolute Gasteiger partial charge is 0.228 e. The van der Waals surface area contributed by atoms with E-state index in [1.54, 1.807) is 26.4 Å². The molecule has 166 valence electrons. The van der Waals surface area contributed by atoms with Crippen molar-refractivity contribution in [2.45, 2.75) is 38.0 Å². The number of nitrogens with one attached hydrogen (secondary N) is 1. The van der Waals surface area contributed by atoms with Gasteiger partial charge < -0.3 is 14.8 Å². The molecule has 0 unspecified atom stereocenters. The van der Waals surface area contributed by atoms with Crippen LogP contribution in [0.1, 0.15) is 43.6 Å². The molecule has 2 aliphatic rings. The highest BCUT2D eigenvalue weighted by atomic mass is 35.5. The maximum atomic E-state index is 12.8. The van der Waals surface area contributed by atoms with Crippen LogP contribution in [-0.4, -0.2) is 25.1 Å². The van der Waals surface area contributed by atoms with Gasteiger partial charge in [0.1, 0.15) is 0 Å². The van der Waals surface area contributed by atoms with Gasteiger partial charge in [-0.1, -0.05) is 11.6 Å². The molecule has 0 saturated heterocycles. The molecule has 5 rings (SSSR count). The second-order valence-electron chi connectivity index (χ2n) is 9.01. The average molecular weight is 451 g/mol. The van der Waals surface area contributed by atoms with Gasteiger partial charge in [0.05, 0.1) is 19.7 Å². The number of halogens is 1. The minimum atomic E-state index is 0.109. The van der Waals surface area contributed by atoms with E-state index in [2.05, 4.69) is 16.4 Å². The quantitative estimate of drug-likeness (QED) is 0.502. The van der Waals surface area contributed by atoms with Crippen molar-refractivity contribution in [2.24, 2.45) is 11.3 Å². The Kier molecular flexibility index (Phi) is 5.46. The van der Waals surface area contributed by atoms with E-state index in [9.17, 15) is 4.79 Å². The van der Waals surface area contributed by atoms with Gasteiger partial charge in [-0.25, -0.2) is 0 Å². The summed E-state index contributed by atoms with van der Waals surface area (Å²) < 4.78 is 11.0. The van der Waals surface area contributed by atoms with E-state index in [4.69, 9.17) is 21.1 Å². The third kappa shape index (κ3) is 3.79. The number of hydrogen-bond acceptors (Lipinski definition) is 4. The number of pyridine rings is 1. The van der Waals surface area contributed by atoms with Crippen molar-refractivity contribution in [1.82, 2.24) is 4.98 Å². The van der Waals surface area contributed by atoms with Gasteiger partial charge in [0, 0.05) is 34.3 Å². The van der Waals surface area contributed by atoms with Crippen LogP contribution in [-0.2, 0) is 4.79 Å². The van der Waals surface area contributed by atoms with Gasteiger partial charge in [-0.15, -0.1) is 0 Å². The van der Waals surface area contributed by atoms with Crippen molar-refractivity contribution in [3.05, 3.63) is 59.2 Å². The van der Waals surface area contributed by atoms with Crippen molar-refractivity contribution < 1.29 is 14.3 Å². The Morgan fingerprint density at radius 3 is 2.44 bits per heavy atom. The number of aromatic nitrogens is 1. The van der Waals surface area contributed by atoms with Gasteiger partial charge in [-0.2, -0.15) is 0 Å². The molecular formula is C26H27ClN2O3. The Morgan fingerprint density at radius 1 is 1.06 bits per heavy atom. The summed E-state index contributed by atoms with van der Waals surface area (Å²) in [4.78, 5) is 17.4. The molecule has 32 heavy (non-hydrogen) atoms. The summed E-state index contributed by atoms with van der Waals surface area (Å²) in [7, 11) is 3.30. The second-order valence-corrected chi connectivity index (χ2v) is 9.45. The molecule has 0 bridgehead atoms. The van der Waals surface area contributed by atoms with Gasteiger partial charge >= 0.3 is 0 Å². The molecule has 2 fully saturated rings. The average Bonchev–Trinajstić information content (AvgIpc) is 3.53. The van der Waals surface area contributed by atoms with Crippen LogP contribution in [0.2, 0.25) is 5.02 Å². The number of nitrogens with zero attached hydrogens (tertiary/aromatic N) is 1. The largest absolute Gasteiger partial charge is 0.493 e. The molecule has 0 aliphatic heterocycles. The third-order valence-corrected chi connectivity index (χ3v) is 7.57. The molecule has 1 spiro atoms. The SMILES string of the molecule is COc1cc2nccc([C@H]3CC[C@@]4(CC3)C[C@@H]4C(=O)Nc3ccc(Cl)cc3)c2cc1OC. The number of benzene rings is 2. The fourth-order valence-corrected chi connectivity index (χ4v) is 5.51. The highest BCUT2D eigenvalue weighted by molar-refractivity contribution is 6.30. The van der Waals surface area contributed by atoms with E-state index in [0.717, 1.165) is 54.4 Å². The minimum absolute atomic E-state index is 0.109. The molecule has 1 atom stereocenters. The number of hydrogen-bond donors (Lipinski definition) is 1. The summed E-state index contributed by atoms with van der Waals surface area (Å²) in [5.74, 6) is 2.13. The topological polar surface area (TPSA) is 60.5 Å². The zero-order valence-corrected chi connectivity index (χ0v) is 19.1. The number of fused-ring (bicyclic) bond motifs is 1. The number of carbonyl (C=O) groups excluding carboxylic acids is 1. The molecule has 1 amide bonds. The summed E-state index contributed by atoms with van der Waals surface area (Å²) in [6.07, 6.45) is 7.19. The van der Waals surface area contributed by atoms with Crippen LogP contribution in [0, 0.1) is 11.3 Å². The molecule has 1 aromatic heterocycles. The lowest BCUT2D eigenvalue weighted by molar-refractivity contribution is -0.118. The van der Waals surface area contributed by atoms with Gasteiger partial charge in [-0.05, 0) is 85.4 Å². The Morgan fingerprint density at radius 2 is 1.75 bits per heavy atom. The Balaban J connectivity index is 1.29. The first-order valence-electron chi connectivity index (χ1n) is 11.1. The standard InChI is InChI=1S/C26H27ClN2O3/c1-31-23-13-20-19(9-12-28-22(20)14-24(23)32-2)16-7-10-26(11-8-16)15-21(26)25(30)29-18-5-3-17(27)4-6-18/h3-6,9,12-14,16,21H,7-8,10-11,15H2,1-2H3,(H,29,30)/t16-,21-,26+/m1/s1. The number of amides is 1. The van der Waals surface area contributed by atoms with Gasteiger partial charge in [-0.3, -0.25) is 9.78 Å². The van der Waals surface area contributed by atoms with Crippen LogP contribution >= 0.6 is 11.6 Å². The van der Waals surface area contributed by atoms with Crippen LogP contribution in [0.4, 0.5) is 5.69 Å². The summed E-state index contributed by atoms with van der Waals surface area (Å²) in [5.41, 5.74) is 3.21. The molecule has 0 radical (unpaired) electrons. The number of carbonyl (C=O) groups is 1. The van der Waals surface area contributed by atoms with Crippen LogP contribution in [0.3, 0.4) is 0 Å².